The Morgan fingerprint density at radius 2 is 1.92 bits per heavy atom. The fraction of sp³-hybridized carbons (Fsp3) is 0.250. The van der Waals surface area contributed by atoms with Crippen LogP contribution >= 0.6 is 11.8 Å². The molecule has 5 nitrogen and oxygen atoms in total. The molecule has 0 saturated carbocycles. The number of aliphatic hydroxyl groups is 1. The molecule has 0 atom stereocenters. The number of aromatic nitrogens is 1. The van der Waals surface area contributed by atoms with E-state index < -0.39 is 0 Å². The Morgan fingerprint density at radius 3 is 2.58 bits per heavy atom. The summed E-state index contributed by atoms with van der Waals surface area (Å²) in [5.41, 5.74) is 3.88. The third-order valence-electron chi connectivity index (χ3n) is 4.16. The van der Waals surface area contributed by atoms with E-state index in [1.807, 2.05) is 38.1 Å². The molecule has 6 heteroatoms. The predicted molar refractivity (Wildman–Crippen MR) is 102 cm³/mol. The number of nitrogens with zero attached hydrogens (tertiary/aromatic N) is 2. The molecule has 1 N–H and O–H groups in total. The Morgan fingerprint density at radius 1 is 1.12 bits per heavy atom. The van der Waals surface area contributed by atoms with Crippen LogP contribution in [0.4, 0.5) is 0 Å². The van der Waals surface area contributed by atoms with Gasteiger partial charge in [-0.15, -0.1) is 11.8 Å². The van der Waals surface area contributed by atoms with Gasteiger partial charge in [0.15, 0.2) is 0 Å². The molecule has 1 aromatic heterocycles. The van der Waals surface area contributed by atoms with Crippen LogP contribution < -0.4 is 0 Å². The fourth-order valence-corrected chi connectivity index (χ4v) is 3.83. The van der Waals surface area contributed by atoms with Crippen LogP contribution in [0.5, 0.6) is 0 Å². The lowest BCUT2D eigenvalue weighted by Gasteiger charge is -2.15. The minimum Gasteiger partial charge on any atom is -0.396 e. The third-order valence-corrected chi connectivity index (χ3v) is 5.21. The van der Waals surface area contributed by atoms with Crippen molar-refractivity contribution in [2.75, 3.05) is 12.4 Å². The molecule has 0 spiro atoms. The van der Waals surface area contributed by atoms with Gasteiger partial charge in [0.05, 0.1) is 29.3 Å². The number of imide groups is 1. The van der Waals surface area contributed by atoms with E-state index in [0.717, 1.165) is 16.7 Å². The Kier molecular flexibility index (Phi) is 5.54. The van der Waals surface area contributed by atoms with Crippen molar-refractivity contribution >= 4 is 29.1 Å². The van der Waals surface area contributed by atoms with Crippen molar-refractivity contribution in [2.45, 2.75) is 20.4 Å². The maximum Gasteiger partial charge on any atom is 0.268 e. The van der Waals surface area contributed by atoms with E-state index in [-0.39, 0.29) is 25.0 Å². The average molecular weight is 368 g/mol. The molecule has 134 valence electrons. The van der Waals surface area contributed by atoms with E-state index in [0.29, 0.717) is 21.9 Å². The molecule has 2 heterocycles. The van der Waals surface area contributed by atoms with Gasteiger partial charge < -0.3 is 5.11 Å². The van der Waals surface area contributed by atoms with Gasteiger partial charge >= 0.3 is 0 Å². The summed E-state index contributed by atoms with van der Waals surface area (Å²) < 4.78 is 0. The topological polar surface area (TPSA) is 70.5 Å². The smallest absolute Gasteiger partial charge is 0.268 e. The number of amides is 2. The molecule has 0 bridgehead atoms. The largest absolute Gasteiger partial charge is 0.396 e. The van der Waals surface area contributed by atoms with Gasteiger partial charge in [-0.2, -0.15) is 0 Å². The monoisotopic (exact) mass is 368 g/mol. The number of rotatable bonds is 6. The molecule has 3 rings (SSSR count). The summed E-state index contributed by atoms with van der Waals surface area (Å²) in [6.07, 6.45) is 1.64. The van der Waals surface area contributed by atoms with Crippen LogP contribution in [0.2, 0.25) is 0 Å². The second-order valence-electron chi connectivity index (χ2n) is 6.11. The van der Waals surface area contributed by atoms with E-state index in [4.69, 9.17) is 5.11 Å². The van der Waals surface area contributed by atoms with Crippen molar-refractivity contribution < 1.29 is 14.7 Å². The van der Waals surface area contributed by atoms with Gasteiger partial charge in [-0.3, -0.25) is 19.5 Å². The van der Waals surface area contributed by atoms with Crippen LogP contribution in [0.15, 0.2) is 47.5 Å². The van der Waals surface area contributed by atoms with Gasteiger partial charge in [0.1, 0.15) is 0 Å². The zero-order chi connectivity index (χ0) is 18.7. The van der Waals surface area contributed by atoms with Crippen molar-refractivity contribution in [3.05, 3.63) is 69.9 Å². The fourth-order valence-electron chi connectivity index (χ4n) is 2.96. The van der Waals surface area contributed by atoms with Gasteiger partial charge in [0.2, 0.25) is 0 Å². The van der Waals surface area contributed by atoms with Crippen LogP contribution in [-0.4, -0.2) is 39.2 Å². The Balaban J connectivity index is 2.01. The summed E-state index contributed by atoms with van der Waals surface area (Å²) in [4.78, 5) is 31.8. The minimum absolute atomic E-state index is 0.0595. The van der Waals surface area contributed by atoms with Gasteiger partial charge in [0.25, 0.3) is 11.8 Å². The van der Waals surface area contributed by atoms with Crippen molar-refractivity contribution in [1.29, 1.82) is 0 Å². The van der Waals surface area contributed by atoms with Crippen molar-refractivity contribution in [1.82, 2.24) is 9.88 Å². The highest BCUT2D eigenvalue weighted by Gasteiger charge is 2.39. The molecule has 1 aliphatic heterocycles. The van der Waals surface area contributed by atoms with E-state index in [9.17, 15) is 9.59 Å². The summed E-state index contributed by atoms with van der Waals surface area (Å²) >= 11 is 1.22. The van der Waals surface area contributed by atoms with E-state index in [1.165, 1.54) is 16.7 Å². The highest BCUT2D eigenvalue weighted by molar-refractivity contribution is 8.04. The van der Waals surface area contributed by atoms with Crippen LogP contribution in [0.1, 0.15) is 22.4 Å². The lowest BCUT2D eigenvalue weighted by atomic mass is 9.99. The van der Waals surface area contributed by atoms with Crippen LogP contribution in [0.3, 0.4) is 0 Å². The molecule has 0 fully saturated rings. The number of hydrogen-bond donors (Lipinski definition) is 1. The van der Waals surface area contributed by atoms with E-state index in [1.54, 1.807) is 18.3 Å². The molecule has 26 heavy (non-hydrogen) atoms. The second kappa shape index (κ2) is 7.85. The van der Waals surface area contributed by atoms with E-state index >= 15 is 0 Å². The van der Waals surface area contributed by atoms with Gasteiger partial charge in [-0.05, 0) is 37.1 Å². The number of aliphatic hydroxyl groups excluding tert-OH is 1. The maximum atomic E-state index is 13.1. The molecule has 2 amide bonds. The molecule has 1 aliphatic rings. The maximum absolute atomic E-state index is 13.1. The first kappa shape index (κ1) is 18.4. The predicted octanol–water partition coefficient (Wildman–Crippen LogP) is 2.70. The van der Waals surface area contributed by atoms with Crippen LogP contribution in [0.25, 0.3) is 5.57 Å². The number of carbonyl (C=O) groups excluding carboxylic acids is 2. The van der Waals surface area contributed by atoms with Gasteiger partial charge in [0, 0.05) is 11.9 Å². The summed E-state index contributed by atoms with van der Waals surface area (Å²) in [5, 5.41) is 9.16. The van der Waals surface area contributed by atoms with Gasteiger partial charge in [-0.1, -0.05) is 29.8 Å². The number of pyridine rings is 1. The molecule has 0 unspecified atom stereocenters. The summed E-state index contributed by atoms with van der Waals surface area (Å²) in [5.74, 6) is -0.276. The Hall–Kier alpha value is -2.44. The lowest BCUT2D eigenvalue weighted by molar-refractivity contribution is -0.137. The molecular weight excluding hydrogens is 348 g/mol. The number of hydrogen-bond acceptors (Lipinski definition) is 5. The highest BCUT2D eigenvalue weighted by Crippen LogP contribution is 2.37. The number of aryl methyl sites for hydroxylation is 2. The van der Waals surface area contributed by atoms with Crippen LogP contribution in [0, 0.1) is 13.8 Å². The quantitative estimate of drug-likeness (QED) is 0.794. The van der Waals surface area contributed by atoms with Crippen molar-refractivity contribution in [3.63, 3.8) is 0 Å². The normalized spacial score (nSPS) is 14.5. The molecule has 0 saturated heterocycles. The molecule has 0 radical (unpaired) electrons. The molecule has 0 aliphatic carbocycles. The first-order valence-electron chi connectivity index (χ1n) is 8.34. The van der Waals surface area contributed by atoms with Crippen molar-refractivity contribution in [2.24, 2.45) is 0 Å². The van der Waals surface area contributed by atoms with Crippen LogP contribution in [-0.2, 0) is 16.1 Å². The zero-order valence-electron chi connectivity index (χ0n) is 14.7. The second-order valence-corrected chi connectivity index (χ2v) is 7.22. The minimum atomic E-state index is -0.325. The van der Waals surface area contributed by atoms with Crippen molar-refractivity contribution in [3.8, 4) is 0 Å². The molecular formula is C20H20N2O3S. The van der Waals surface area contributed by atoms with E-state index in [2.05, 4.69) is 4.98 Å². The first-order valence-corrected chi connectivity index (χ1v) is 9.33. The summed E-state index contributed by atoms with van der Waals surface area (Å²) in [6.45, 7) is 4.00. The highest BCUT2D eigenvalue weighted by atomic mass is 32.2. The molecule has 2 aromatic rings. The number of thioether (sulfide) groups is 1. The summed E-state index contributed by atoms with van der Waals surface area (Å²) in [7, 11) is 0. The van der Waals surface area contributed by atoms with Gasteiger partial charge in [-0.25, -0.2) is 0 Å². The number of benzene rings is 1. The first-order chi connectivity index (χ1) is 12.5. The standard InChI is InChI=1S/C20H20N2O3S/c1-13-6-7-16(14(2)11-13)17-18(26-10-9-23)20(25)22(19(17)24)12-15-5-3-4-8-21-15/h3-8,11,23H,9-10,12H2,1-2H3. The lowest BCUT2D eigenvalue weighted by Crippen LogP contribution is -2.31. The third kappa shape index (κ3) is 3.57. The number of carbonyl (C=O) groups is 2. The molecule has 1 aromatic carbocycles. The SMILES string of the molecule is Cc1ccc(C2=C(SCCO)C(=O)N(Cc3ccccn3)C2=O)c(C)c1. The average Bonchev–Trinajstić information content (AvgIpc) is 2.85. The Bertz CT molecular complexity index is 878. The summed E-state index contributed by atoms with van der Waals surface area (Å²) in [6, 6.07) is 11.2. The zero-order valence-corrected chi connectivity index (χ0v) is 15.5. The Labute approximate surface area is 156 Å².